The van der Waals surface area contributed by atoms with Crippen molar-refractivity contribution in [1.29, 1.82) is 0 Å². The smallest absolute Gasteiger partial charge is 0.326 e. The zero-order valence-corrected chi connectivity index (χ0v) is 18.5. The van der Waals surface area contributed by atoms with Crippen LogP contribution in [0.15, 0.2) is 82.5 Å². The first-order chi connectivity index (χ1) is 15.7. The van der Waals surface area contributed by atoms with Crippen LogP contribution in [0.1, 0.15) is 0 Å². The Morgan fingerprint density at radius 1 is 0.879 bits per heavy atom. The third-order valence-corrected chi connectivity index (χ3v) is 6.23. The average Bonchev–Trinajstić information content (AvgIpc) is 2.80. The molecule has 1 amide bonds. The van der Waals surface area contributed by atoms with Gasteiger partial charge in [-0.25, -0.2) is 8.42 Å². The maximum atomic E-state index is 12.8. The number of nitrogens with one attached hydrogen (secondary N) is 1. The van der Waals surface area contributed by atoms with Gasteiger partial charge in [0.05, 0.1) is 15.9 Å². The first kappa shape index (κ1) is 22.2. The van der Waals surface area contributed by atoms with Crippen LogP contribution in [0.3, 0.4) is 0 Å². The van der Waals surface area contributed by atoms with Gasteiger partial charge in [0.2, 0.25) is 0 Å². The molecule has 1 N–H and O–H groups in total. The Balaban J connectivity index is 1.47. The number of carbonyl (C=O) groups is 2. The standard InChI is InChI=1S/C24H20N2O6S/c1-33(30,31)17-12-10-16(11-13-17)25-22(27)15-32-23(28)14-26-20-8-4-2-6-18(20)24(29)19-7-3-5-9-21(19)26/h2-13H,14-15H2,1H3,(H,25,27). The van der Waals surface area contributed by atoms with E-state index in [9.17, 15) is 22.8 Å². The number of sulfone groups is 1. The van der Waals surface area contributed by atoms with Gasteiger partial charge in [-0.1, -0.05) is 24.3 Å². The van der Waals surface area contributed by atoms with Crippen LogP contribution in [-0.4, -0.2) is 37.7 Å². The average molecular weight is 464 g/mol. The highest BCUT2D eigenvalue weighted by atomic mass is 32.2. The number of hydrogen-bond acceptors (Lipinski definition) is 6. The molecular formula is C24H20N2O6S. The van der Waals surface area contributed by atoms with Gasteiger partial charge in [0, 0.05) is 22.7 Å². The Bertz CT molecular complexity index is 1480. The van der Waals surface area contributed by atoms with Gasteiger partial charge < -0.3 is 14.6 Å². The lowest BCUT2D eigenvalue weighted by atomic mass is 10.1. The Hall–Kier alpha value is -3.98. The Morgan fingerprint density at radius 3 is 1.97 bits per heavy atom. The second kappa shape index (κ2) is 8.87. The van der Waals surface area contributed by atoms with Crippen LogP contribution in [0.25, 0.3) is 21.8 Å². The fourth-order valence-electron chi connectivity index (χ4n) is 3.55. The summed E-state index contributed by atoms with van der Waals surface area (Å²) in [7, 11) is -3.34. The monoisotopic (exact) mass is 464 g/mol. The topological polar surface area (TPSA) is 112 Å². The first-order valence-corrected chi connectivity index (χ1v) is 11.9. The van der Waals surface area contributed by atoms with Gasteiger partial charge in [0.25, 0.3) is 5.91 Å². The Labute approximate surface area is 189 Å². The summed E-state index contributed by atoms with van der Waals surface area (Å²) in [5.74, 6) is -1.21. The van der Waals surface area contributed by atoms with Gasteiger partial charge in [-0.15, -0.1) is 0 Å². The van der Waals surface area contributed by atoms with E-state index in [0.29, 0.717) is 27.5 Å². The van der Waals surface area contributed by atoms with E-state index in [0.717, 1.165) is 6.26 Å². The molecule has 3 aromatic carbocycles. The quantitative estimate of drug-likeness (QED) is 0.347. The minimum absolute atomic E-state index is 0.118. The van der Waals surface area contributed by atoms with Gasteiger partial charge >= 0.3 is 5.97 Å². The molecule has 0 fully saturated rings. The van der Waals surface area contributed by atoms with E-state index in [2.05, 4.69) is 5.32 Å². The number of pyridine rings is 1. The maximum Gasteiger partial charge on any atom is 0.326 e. The molecule has 0 spiro atoms. The molecule has 0 saturated heterocycles. The van der Waals surface area contributed by atoms with Crippen molar-refractivity contribution in [2.24, 2.45) is 0 Å². The number of ether oxygens (including phenoxy) is 1. The fraction of sp³-hybridized carbons (Fsp3) is 0.125. The van der Waals surface area contributed by atoms with Crippen LogP contribution in [-0.2, 0) is 30.7 Å². The SMILES string of the molecule is CS(=O)(=O)c1ccc(NC(=O)COC(=O)Cn2c3ccccc3c(=O)c3ccccc32)cc1. The lowest BCUT2D eigenvalue weighted by molar-refractivity contribution is -0.147. The molecule has 0 unspecified atom stereocenters. The Morgan fingerprint density at radius 2 is 1.42 bits per heavy atom. The van der Waals surface area contributed by atoms with Gasteiger partial charge in [0.1, 0.15) is 6.54 Å². The van der Waals surface area contributed by atoms with Crippen molar-refractivity contribution in [2.45, 2.75) is 11.4 Å². The molecule has 9 heteroatoms. The predicted octanol–water partition coefficient (Wildman–Crippen LogP) is 2.74. The highest BCUT2D eigenvalue weighted by molar-refractivity contribution is 7.90. The zero-order chi connectivity index (χ0) is 23.6. The predicted molar refractivity (Wildman–Crippen MR) is 125 cm³/mol. The highest BCUT2D eigenvalue weighted by Gasteiger charge is 2.15. The molecule has 0 radical (unpaired) electrons. The van der Waals surface area contributed by atoms with Crippen LogP contribution in [0.5, 0.6) is 0 Å². The number of amides is 1. The van der Waals surface area contributed by atoms with Crippen LogP contribution >= 0.6 is 0 Å². The van der Waals surface area contributed by atoms with E-state index in [1.165, 1.54) is 24.3 Å². The van der Waals surface area contributed by atoms with Crippen LogP contribution in [0.2, 0.25) is 0 Å². The second-order valence-electron chi connectivity index (χ2n) is 7.45. The van der Waals surface area contributed by atoms with E-state index in [1.807, 2.05) is 0 Å². The summed E-state index contributed by atoms with van der Waals surface area (Å²) in [6.07, 6.45) is 1.09. The molecule has 1 heterocycles. The summed E-state index contributed by atoms with van der Waals surface area (Å²) in [4.78, 5) is 37.6. The summed E-state index contributed by atoms with van der Waals surface area (Å²) >= 11 is 0. The number of rotatable bonds is 6. The van der Waals surface area contributed by atoms with Crippen molar-refractivity contribution in [1.82, 2.24) is 4.57 Å². The largest absolute Gasteiger partial charge is 0.454 e. The van der Waals surface area contributed by atoms with Crippen molar-refractivity contribution in [3.63, 3.8) is 0 Å². The van der Waals surface area contributed by atoms with Gasteiger partial charge in [-0.2, -0.15) is 0 Å². The minimum Gasteiger partial charge on any atom is -0.454 e. The molecule has 168 valence electrons. The molecule has 0 bridgehead atoms. The number of esters is 1. The van der Waals surface area contributed by atoms with Crippen molar-refractivity contribution in [3.8, 4) is 0 Å². The molecule has 4 rings (SSSR count). The number of aromatic nitrogens is 1. The molecule has 4 aromatic rings. The number of carbonyl (C=O) groups excluding carboxylic acids is 2. The van der Waals surface area contributed by atoms with E-state index >= 15 is 0 Å². The molecule has 0 aliphatic rings. The third kappa shape index (κ3) is 4.78. The third-order valence-electron chi connectivity index (χ3n) is 5.10. The second-order valence-corrected chi connectivity index (χ2v) is 9.47. The van der Waals surface area contributed by atoms with E-state index in [-0.39, 0.29) is 16.9 Å². The minimum atomic E-state index is -3.34. The molecule has 0 aliphatic carbocycles. The number of hydrogen-bond donors (Lipinski definition) is 1. The summed E-state index contributed by atoms with van der Waals surface area (Å²) in [6, 6.07) is 19.6. The summed E-state index contributed by atoms with van der Waals surface area (Å²) < 4.78 is 29.9. The van der Waals surface area contributed by atoms with E-state index < -0.39 is 28.3 Å². The van der Waals surface area contributed by atoms with E-state index in [1.54, 1.807) is 53.1 Å². The number of fused-ring (bicyclic) bond motifs is 2. The molecule has 0 aliphatic heterocycles. The normalized spacial score (nSPS) is 11.4. The zero-order valence-electron chi connectivity index (χ0n) is 17.6. The van der Waals surface area contributed by atoms with Gasteiger partial charge in [0.15, 0.2) is 21.9 Å². The molecule has 33 heavy (non-hydrogen) atoms. The van der Waals surface area contributed by atoms with Crippen molar-refractivity contribution < 1.29 is 22.7 Å². The van der Waals surface area contributed by atoms with Crippen LogP contribution in [0, 0.1) is 0 Å². The molecule has 1 aromatic heterocycles. The maximum absolute atomic E-state index is 12.8. The van der Waals surface area contributed by atoms with Crippen molar-refractivity contribution >= 4 is 49.2 Å². The number of nitrogens with zero attached hydrogens (tertiary/aromatic N) is 1. The van der Waals surface area contributed by atoms with Gasteiger partial charge in [-0.3, -0.25) is 14.4 Å². The molecule has 0 atom stereocenters. The summed E-state index contributed by atoms with van der Waals surface area (Å²) in [5.41, 5.74) is 1.44. The van der Waals surface area contributed by atoms with Crippen molar-refractivity contribution in [3.05, 3.63) is 83.0 Å². The first-order valence-electron chi connectivity index (χ1n) is 10.00. The molecule has 0 saturated carbocycles. The summed E-state index contributed by atoms with van der Waals surface area (Å²) in [6.45, 7) is -0.694. The molecular weight excluding hydrogens is 444 g/mol. The van der Waals surface area contributed by atoms with Crippen molar-refractivity contribution in [2.75, 3.05) is 18.2 Å². The Kier molecular flexibility index (Phi) is 5.97. The van der Waals surface area contributed by atoms with Crippen LogP contribution in [0.4, 0.5) is 5.69 Å². The number of para-hydroxylation sites is 2. The number of benzene rings is 3. The number of anilines is 1. The fourth-order valence-corrected chi connectivity index (χ4v) is 4.18. The lowest BCUT2D eigenvalue weighted by Crippen LogP contribution is -2.24. The van der Waals surface area contributed by atoms with Crippen LogP contribution < -0.4 is 10.7 Å². The van der Waals surface area contributed by atoms with Gasteiger partial charge in [-0.05, 0) is 48.5 Å². The van der Waals surface area contributed by atoms with E-state index in [4.69, 9.17) is 4.74 Å². The summed E-state index contributed by atoms with van der Waals surface area (Å²) in [5, 5.41) is 3.52. The lowest BCUT2D eigenvalue weighted by Gasteiger charge is -2.14. The highest BCUT2D eigenvalue weighted by Crippen LogP contribution is 2.19. The molecule has 8 nitrogen and oxygen atoms in total.